The number of ether oxygens (including phenoxy) is 2. The second-order valence-electron chi connectivity index (χ2n) is 4.62. The number of methoxy groups -OCH3 is 2. The van der Waals surface area contributed by atoms with Gasteiger partial charge in [-0.1, -0.05) is 24.4 Å². The van der Waals surface area contributed by atoms with Gasteiger partial charge in [0.2, 0.25) is 5.91 Å². The molecule has 0 saturated heterocycles. The summed E-state index contributed by atoms with van der Waals surface area (Å²) in [5, 5.41) is 0. The Kier molecular flexibility index (Phi) is 7.71. The van der Waals surface area contributed by atoms with Gasteiger partial charge >= 0.3 is 0 Å². The van der Waals surface area contributed by atoms with Crippen LogP contribution in [-0.4, -0.2) is 49.7 Å². The smallest absolute Gasteiger partial charge is 0.227 e. The largest absolute Gasteiger partial charge is 0.497 e. The van der Waals surface area contributed by atoms with Gasteiger partial charge in [-0.05, 0) is 17.7 Å². The molecule has 0 spiro atoms. The van der Waals surface area contributed by atoms with Crippen LogP contribution in [0.4, 0.5) is 0 Å². The van der Waals surface area contributed by atoms with Crippen molar-refractivity contribution in [3.63, 3.8) is 0 Å². The van der Waals surface area contributed by atoms with E-state index in [9.17, 15) is 4.79 Å². The van der Waals surface area contributed by atoms with E-state index in [0.717, 1.165) is 11.3 Å². The number of nitrogens with zero attached hydrogens (tertiary/aromatic N) is 1. The number of carbonyl (C=O) groups is 1. The molecule has 1 rings (SSSR count). The molecule has 1 aromatic carbocycles. The molecule has 1 amide bonds. The number of rotatable bonds is 9. The Morgan fingerprint density at radius 1 is 1.33 bits per heavy atom. The van der Waals surface area contributed by atoms with E-state index in [0.29, 0.717) is 37.5 Å². The quantitative estimate of drug-likeness (QED) is 0.698. The molecule has 6 heteroatoms. The van der Waals surface area contributed by atoms with E-state index < -0.39 is 0 Å². The third kappa shape index (κ3) is 6.55. The maximum atomic E-state index is 12.4. The molecule has 0 aliphatic carbocycles. The van der Waals surface area contributed by atoms with Crippen molar-refractivity contribution in [3.05, 3.63) is 29.8 Å². The second-order valence-corrected chi connectivity index (χ2v) is 5.14. The Morgan fingerprint density at radius 3 is 2.71 bits per heavy atom. The molecule has 21 heavy (non-hydrogen) atoms. The molecule has 0 saturated carbocycles. The lowest BCUT2D eigenvalue weighted by molar-refractivity contribution is -0.131. The first-order valence-electron chi connectivity index (χ1n) is 6.74. The number of nitrogens with two attached hydrogens (primary N) is 1. The van der Waals surface area contributed by atoms with Crippen LogP contribution in [0.1, 0.15) is 12.0 Å². The molecule has 0 aliphatic heterocycles. The molecule has 0 unspecified atom stereocenters. The lowest BCUT2D eigenvalue weighted by atomic mass is 10.1. The molecule has 1 aromatic rings. The van der Waals surface area contributed by atoms with Crippen LogP contribution >= 0.6 is 12.2 Å². The molecule has 2 N–H and O–H groups in total. The Morgan fingerprint density at radius 2 is 2.10 bits per heavy atom. The highest BCUT2D eigenvalue weighted by Crippen LogP contribution is 2.13. The van der Waals surface area contributed by atoms with Gasteiger partial charge in [0.05, 0.1) is 25.1 Å². The third-order valence-corrected chi connectivity index (χ3v) is 3.24. The van der Waals surface area contributed by atoms with Crippen LogP contribution in [0.3, 0.4) is 0 Å². The lowest BCUT2D eigenvalue weighted by Crippen LogP contribution is -2.37. The molecule has 0 fully saturated rings. The molecule has 5 nitrogen and oxygen atoms in total. The minimum Gasteiger partial charge on any atom is -0.497 e. The van der Waals surface area contributed by atoms with Crippen molar-refractivity contribution in [2.24, 2.45) is 5.73 Å². The van der Waals surface area contributed by atoms with Crippen LogP contribution in [-0.2, 0) is 16.0 Å². The summed E-state index contributed by atoms with van der Waals surface area (Å²) in [6.45, 7) is 1.53. The molecule has 0 bridgehead atoms. The van der Waals surface area contributed by atoms with Crippen LogP contribution in [0, 0.1) is 0 Å². The maximum Gasteiger partial charge on any atom is 0.227 e. The van der Waals surface area contributed by atoms with Gasteiger partial charge in [0.25, 0.3) is 0 Å². The standard InChI is InChI=1S/C15H22N2O3S/c1-19-9-8-17(7-6-14(16)21)15(18)11-12-4-3-5-13(10-12)20-2/h3-5,10H,6-9,11H2,1-2H3,(H2,16,21). The number of benzene rings is 1. The van der Waals surface area contributed by atoms with E-state index in [-0.39, 0.29) is 5.91 Å². The van der Waals surface area contributed by atoms with E-state index in [4.69, 9.17) is 27.4 Å². The zero-order valence-corrected chi connectivity index (χ0v) is 13.3. The molecular weight excluding hydrogens is 288 g/mol. The van der Waals surface area contributed by atoms with Crippen LogP contribution in [0.2, 0.25) is 0 Å². The Balaban J connectivity index is 2.67. The van der Waals surface area contributed by atoms with E-state index in [1.54, 1.807) is 19.1 Å². The van der Waals surface area contributed by atoms with Crippen molar-refractivity contribution in [1.29, 1.82) is 0 Å². The van der Waals surface area contributed by atoms with Crippen molar-refractivity contribution in [2.75, 3.05) is 33.9 Å². The SMILES string of the molecule is COCCN(CCC(N)=S)C(=O)Cc1cccc(OC)c1. The van der Waals surface area contributed by atoms with Gasteiger partial charge in [0, 0.05) is 26.6 Å². The minimum absolute atomic E-state index is 0.0246. The predicted molar refractivity (Wildman–Crippen MR) is 86.6 cm³/mol. The van der Waals surface area contributed by atoms with Gasteiger partial charge in [-0.2, -0.15) is 0 Å². The summed E-state index contributed by atoms with van der Waals surface area (Å²) in [6.07, 6.45) is 0.834. The Hall–Kier alpha value is -1.66. The van der Waals surface area contributed by atoms with Crippen molar-refractivity contribution < 1.29 is 14.3 Å². The number of carbonyl (C=O) groups excluding carboxylic acids is 1. The van der Waals surface area contributed by atoms with Gasteiger partial charge in [-0.3, -0.25) is 4.79 Å². The van der Waals surface area contributed by atoms with Crippen LogP contribution < -0.4 is 10.5 Å². The molecule has 116 valence electrons. The Bertz CT molecular complexity index is 480. The predicted octanol–water partition coefficient (Wildman–Crippen LogP) is 1.39. The number of thiocarbonyl (C=S) groups is 1. The average molecular weight is 310 g/mol. The fraction of sp³-hybridized carbons (Fsp3) is 0.467. The first kappa shape index (κ1) is 17.4. The van der Waals surface area contributed by atoms with Gasteiger partial charge in [0.1, 0.15) is 5.75 Å². The molecular formula is C15H22N2O3S. The van der Waals surface area contributed by atoms with Crippen molar-refractivity contribution in [2.45, 2.75) is 12.8 Å². The highest BCUT2D eigenvalue weighted by atomic mass is 32.1. The summed E-state index contributed by atoms with van der Waals surface area (Å²) in [5.74, 6) is 0.767. The monoisotopic (exact) mass is 310 g/mol. The summed E-state index contributed by atoms with van der Waals surface area (Å²) in [5.41, 5.74) is 6.42. The van der Waals surface area contributed by atoms with Crippen molar-refractivity contribution >= 4 is 23.1 Å². The summed E-state index contributed by atoms with van der Waals surface area (Å²) < 4.78 is 10.2. The third-order valence-electron chi connectivity index (χ3n) is 3.04. The second kappa shape index (κ2) is 9.31. The molecule has 0 radical (unpaired) electrons. The first-order valence-corrected chi connectivity index (χ1v) is 7.15. The van der Waals surface area contributed by atoms with Gasteiger partial charge in [-0.15, -0.1) is 0 Å². The lowest BCUT2D eigenvalue weighted by Gasteiger charge is -2.22. The molecule has 0 heterocycles. The molecule has 0 atom stereocenters. The highest BCUT2D eigenvalue weighted by molar-refractivity contribution is 7.80. The fourth-order valence-electron chi connectivity index (χ4n) is 1.88. The van der Waals surface area contributed by atoms with E-state index in [2.05, 4.69) is 0 Å². The highest BCUT2D eigenvalue weighted by Gasteiger charge is 2.14. The van der Waals surface area contributed by atoms with E-state index in [1.165, 1.54) is 0 Å². The van der Waals surface area contributed by atoms with Gasteiger partial charge < -0.3 is 20.1 Å². The van der Waals surface area contributed by atoms with Crippen molar-refractivity contribution in [1.82, 2.24) is 4.90 Å². The first-order chi connectivity index (χ1) is 10.1. The summed E-state index contributed by atoms with van der Waals surface area (Å²) >= 11 is 4.87. The zero-order chi connectivity index (χ0) is 15.7. The average Bonchev–Trinajstić information content (AvgIpc) is 2.47. The molecule has 0 aliphatic rings. The van der Waals surface area contributed by atoms with Crippen molar-refractivity contribution in [3.8, 4) is 5.75 Å². The zero-order valence-electron chi connectivity index (χ0n) is 12.5. The summed E-state index contributed by atoms with van der Waals surface area (Å²) in [6, 6.07) is 7.49. The van der Waals surface area contributed by atoms with Crippen LogP contribution in [0.15, 0.2) is 24.3 Å². The minimum atomic E-state index is 0.0246. The van der Waals surface area contributed by atoms with E-state index in [1.807, 2.05) is 24.3 Å². The van der Waals surface area contributed by atoms with Gasteiger partial charge in [-0.25, -0.2) is 0 Å². The van der Waals surface area contributed by atoms with Crippen LogP contribution in [0.25, 0.3) is 0 Å². The van der Waals surface area contributed by atoms with Gasteiger partial charge in [0.15, 0.2) is 0 Å². The maximum absolute atomic E-state index is 12.4. The van der Waals surface area contributed by atoms with Crippen LogP contribution in [0.5, 0.6) is 5.75 Å². The summed E-state index contributed by atoms with van der Waals surface area (Å²) in [7, 11) is 3.21. The number of hydrogen-bond donors (Lipinski definition) is 1. The fourth-order valence-corrected chi connectivity index (χ4v) is 1.97. The topological polar surface area (TPSA) is 64.8 Å². The summed E-state index contributed by atoms with van der Waals surface area (Å²) in [4.78, 5) is 14.5. The molecule has 0 aromatic heterocycles. The van der Waals surface area contributed by atoms with E-state index >= 15 is 0 Å². The Labute approximate surface area is 131 Å². The normalized spacial score (nSPS) is 10.2. The number of hydrogen-bond acceptors (Lipinski definition) is 4. The number of amides is 1.